The topological polar surface area (TPSA) is 78.5 Å². The molecular weight excluding hydrogens is 234 g/mol. The molecule has 0 saturated carbocycles. The number of urea groups is 1. The molecule has 0 bridgehead atoms. The summed E-state index contributed by atoms with van der Waals surface area (Å²) in [5.41, 5.74) is -0.270. The lowest BCUT2D eigenvalue weighted by Crippen LogP contribution is -2.54. The highest BCUT2D eigenvalue weighted by Gasteiger charge is 2.26. The number of carbonyl (C=O) groups is 3. The van der Waals surface area contributed by atoms with Gasteiger partial charge in [-0.05, 0) is 20.3 Å². The SMILES string of the molecule is CCCC(C)(C)NC(=O)CN1CCC(=O)NC1=O. The second-order valence-corrected chi connectivity index (χ2v) is 5.21. The van der Waals surface area contributed by atoms with E-state index in [0.717, 1.165) is 12.8 Å². The van der Waals surface area contributed by atoms with Gasteiger partial charge in [-0.1, -0.05) is 13.3 Å². The molecule has 0 unspecified atom stereocenters. The standard InChI is InChI=1S/C12H21N3O3/c1-4-6-12(2,3)14-10(17)8-15-7-5-9(16)13-11(15)18/h4-8H2,1-3H3,(H,14,17)(H,13,16,18). The lowest BCUT2D eigenvalue weighted by atomic mass is 9.99. The minimum atomic E-state index is -0.491. The van der Waals surface area contributed by atoms with Crippen molar-refractivity contribution in [3.63, 3.8) is 0 Å². The van der Waals surface area contributed by atoms with Gasteiger partial charge in [0.05, 0.1) is 0 Å². The number of hydrogen-bond donors (Lipinski definition) is 2. The first-order valence-electron chi connectivity index (χ1n) is 6.24. The van der Waals surface area contributed by atoms with Gasteiger partial charge in [0.25, 0.3) is 0 Å². The number of imide groups is 1. The Morgan fingerprint density at radius 2 is 2.11 bits per heavy atom. The van der Waals surface area contributed by atoms with Gasteiger partial charge in [0, 0.05) is 18.5 Å². The van der Waals surface area contributed by atoms with Crippen molar-refractivity contribution in [2.75, 3.05) is 13.1 Å². The average molecular weight is 255 g/mol. The van der Waals surface area contributed by atoms with Crippen molar-refractivity contribution in [2.24, 2.45) is 0 Å². The van der Waals surface area contributed by atoms with Crippen LogP contribution >= 0.6 is 0 Å². The summed E-state index contributed by atoms with van der Waals surface area (Å²) in [6, 6.07) is -0.491. The number of rotatable bonds is 5. The summed E-state index contributed by atoms with van der Waals surface area (Å²) < 4.78 is 0. The summed E-state index contributed by atoms with van der Waals surface area (Å²) in [4.78, 5) is 35.6. The van der Waals surface area contributed by atoms with Crippen molar-refractivity contribution in [3.8, 4) is 0 Å². The molecule has 0 aromatic heterocycles. The van der Waals surface area contributed by atoms with Gasteiger partial charge in [-0.2, -0.15) is 0 Å². The van der Waals surface area contributed by atoms with Crippen LogP contribution in [0.3, 0.4) is 0 Å². The summed E-state index contributed by atoms with van der Waals surface area (Å²) in [7, 11) is 0. The van der Waals surface area contributed by atoms with Crippen LogP contribution in [0.2, 0.25) is 0 Å². The molecule has 1 fully saturated rings. The van der Waals surface area contributed by atoms with Gasteiger partial charge in [0.15, 0.2) is 0 Å². The quantitative estimate of drug-likeness (QED) is 0.756. The molecule has 2 N–H and O–H groups in total. The predicted molar refractivity (Wildman–Crippen MR) is 66.9 cm³/mol. The molecule has 0 aliphatic carbocycles. The molecule has 0 atom stereocenters. The Morgan fingerprint density at radius 3 is 2.67 bits per heavy atom. The van der Waals surface area contributed by atoms with Crippen LogP contribution in [-0.2, 0) is 9.59 Å². The van der Waals surface area contributed by atoms with Gasteiger partial charge in [0.2, 0.25) is 11.8 Å². The van der Waals surface area contributed by atoms with Gasteiger partial charge < -0.3 is 10.2 Å². The molecule has 1 aliphatic heterocycles. The Labute approximate surface area is 107 Å². The van der Waals surface area contributed by atoms with Crippen molar-refractivity contribution < 1.29 is 14.4 Å². The van der Waals surface area contributed by atoms with E-state index in [1.807, 2.05) is 13.8 Å². The normalized spacial score (nSPS) is 16.5. The zero-order chi connectivity index (χ0) is 13.8. The first-order chi connectivity index (χ1) is 8.34. The molecule has 0 aromatic carbocycles. The molecule has 1 saturated heterocycles. The highest BCUT2D eigenvalue weighted by Crippen LogP contribution is 2.10. The van der Waals surface area contributed by atoms with E-state index in [9.17, 15) is 14.4 Å². The molecule has 102 valence electrons. The Hall–Kier alpha value is -1.59. The Bertz CT molecular complexity index is 352. The molecule has 0 spiro atoms. The summed E-state index contributed by atoms with van der Waals surface area (Å²) in [6.07, 6.45) is 2.10. The van der Waals surface area contributed by atoms with Crippen molar-refractivity contribution in [2.45, 2.75) is 45.6 Å². The van der Waals surface area contributed by atoms with Gasteiger partial charge >= 0.3 is 6.03 Å². The van der Waals surface area contributed by atoms with E-state index in [1.54, 1.807) is 0 Å². The summed E-state index contributed by atoms with van der Waals surface area (Å²) in [6.45, 7) is 6.25. The highest BCUT2D eigenvalue weighted by atomic mass is 16.2. The minimum absolute atomic E-state index is 0.00768. The van der Waals surface area contributed by atoms with Gasteiger partial charge in [-0.15, -0.1) is 0 Å². The highest BCUT2D eigenvalue weighted by molar-refractivity contribution is 5.98. The van der Waals surface area contributed by atoms with Crippen LogP contribution in [0.4, 0.5) is 4.79 Å². The van der Waals surface area contributed by atoms with Crippen LogP contribution in [0.1, 0.15) is 40.0 Å². The number of nitrogens with zero attached hydrogens (tertiary/aromatic N) is 1. The van der Waals surface area contributed by atoms with Crippen LogP contribution < -0.4 is 10.6 Å². The van der Waals surface area contributed by atoms with E-state index in [1.165, 1.54) is 4.90 Å². The molecular formula is C12H21N3O3. The Balaban J connectivity index is 2.45. The third kappa shape index (κ3) is 4.35. The molecule has 1 rings (SSSR count). The Morgan fingerprint density at radius 1 is 1.44 bits per heavy atom. The van der Waals surface area contributed by atoms with Crippen LogP contribution in [0, 0.1) is 0 Å². The maximum absolute atomic E-state index is 11.8. The van der Waals surface area contributed by atoms with Crippen LogP contribution in [0.25, 0.3) is 0 Å². The fourth-order valence-corrected chi connectivity index (χ4v) is 2.03. The maximum Gasteiger partial charge on any atom is 0.324 e. The fraction of sp³-hybridized carbons (Fsp3) is 0.750. The molecule has 0 aromatic rings. The first-order valence-corrected chi connectivity index (χ1v) is 6.24. The average Bonchev–Trinajstić information content (AvgIpc) is 2.21. The summed E-state index contributed by atoms with van der Waals surface area (Å²) in [5.74, 6) is -0.485. The number of nitrogens with one attached hydrogen (secondary N) is 2. The molecule has 18 heavy (non-hydrogen) atoms. The number of hydrogen-bond acceptors (Lipinski definition) is 3. The predicted octanol–water partition coefficient (Wildman–Crippen LogP) is 0.623. The Kier molecular flexibility index (Phi) is 4.69. The van der Waals surface area contributed by atoms with E-state index in [4.69, 9.17) is 0 Å². The zero-order valence-electron chi connectivity index (χ0n) is 11.2. The van der Waals surface area contributed by atoms with E-state index in [-0.39, 0.29) is 30.3 Å². The van der Waals surface area contributed by atoms with Crippen molar-refractivity contribution in [1.82, 2.24) is 15.5 Å². The molecule has 1 heterocycles. The fourth-order valence-electron chi connectivity index (χ4n) is 2.03. The van der Waals surface area contributed by atoms with Crippen molar-refractivity contribution >= 4 is 17.8 Å². The van der Waals surface area contributed by atoms with Crippen molar-refractivity contribution in [1.29, 1.82) is 0 Å². The summed E-state index contributed by atoms with van der Waals surface area (Å²) >= 11 is 0. The van der Waals surface area contributed by atoms with E-state index >= 15 is 0 Å². The lowest BCUT2D eigenvalue weighted by molar-refractivity contribution is -0.126. The van der Waals surface area contributed by atoms with Gasteiger partial charge in [-0.3, -0.25) is 14.9 Å². The van der Waals surface area contributed by atoms with Crippen LogP contribution in [-0.4, -0.2) is 41.4 Å². The van der Waals surface area contributed by atoms with E-state index in [0.29, 0.717) is 6.54 Å². The van der Waals surface area contributed by atoms with E-state index < -0.39 is 6.03 Å². The second kappa shape index (κ2) is 5.84. The third-order valence-electron chi connectivity index (χ3n) is 2.83. The number of carbonyl (C=O) groups excluding carboxylic acids is 3. The van der Waals surface area contributed by atoms with Crippen LogP contribution in [0.15, 0.2) is 0 Å². The molecule has 4 amide bonds. The van der Waals surface area contributed by atoms with Crippen LogP contribution in [0.5, 0.6) is 0 Å². The number of amides is 4. The largest absolute Gasteiger partial charge is 0.350 e. The lowest BCUT2D eigenvalue weighted by Gasteiger charge is -2.29. The second-order valence-electron chi connectivity index (χ2n) is 5.21. The van der Waals surface area contributed by atoms with Crippen molar-refractivity contribution in [3.05, 3.63) is 0 Å². The maximum atomic E-state index is 11.8. The third-order valence-corrected chi connectivity index (χ3v) is 2.83. The van der Waals surface area contributed by atoms with E-state index in [2.05, 4.69) is 17.6 Å². The monoisotopic (exact) mass is 255 g/mol. The smallest absolute Gasteiger partial charge is 0.324 e. The summed E-state index contributed by atoms with van der Waals surface area (Å²) in [5, 5.41) is 5.08. The van der Waals surface area contributed by atoms with Gasteiger partial charge in [-0.25, -0.2) is 4.79 Å². The molecule has 6 heteroatoms. The molecule has 6 nitrogen and oxygen atoms in total. The molecule has 0 radical (unpaired) electrons. The minimum Gasteiger partial charge on any atom is -0.350 e. The molecule has 1 aliphatic rings. The van der Waals surface area contributed by atoms with Gasteiger partial charge in [0.1, 0.15) is 6.54 Å². The first kappa shape index (κ1) is 14.5. The zero-order valence-corrected chi connectivity index (χ0v) is 11.2.